The van der Waals surface area contributed by atoms with Crippen LogP contribution in [0.3, 0.4) is 0 Å². The standard InChI is InChI=1S/C10H12N6/c11-10-14-9-3-1-2-8(16(9)15-10)7-4-12-6-13-5-7/h4-6,8H,1-3H2,(H2,11,15). The highest BCUT2D eigenvalue weighted by Gasteiger charge is 2.24. The molecule has 0 bridgehead atoms. The van der Waals surface area contributed by atoms with Gasteiger partial charge in [0.15, 0.2) is 0 Å². The first-order valence-electron chi connectivity index (χ1n) is 5.30. The lowest BCUT2D eigenvalue weighted by Crippen LogP contribution is -2.20. The molecule has 0 amide bonds. The highest BCUT2D eigenvalue weighted by Crippen LogP contribution is 2.28. The molecular formula is C10H12N6. The fourth-order valence-electron chi connectivity index (χ4n) is 2.16. The van der Waals surface area contributed by atoms with Crippen molar-refractivity contribution in [3.05, 3.63) is 30.1 Å². The number of anilines is 1. The maximum absolute atomic E-state index is 5.62. The summed E-state index contributed by atoms with van der Waals surface area (Å²) in [4.78, 5) is 12.3. The molecule has 0 aliphatic carbocycles. The van der Waals surface area contributed by atoms with E-state index in [-0.39, 0.29) is 6.04 Å². The minimum absolute atomic E-state index is 0.176. The Hall–Kier alpha value is -1.98. The van der Waals surface area contributed by atoms with Crippen LogP contribution in [-0.4, -0.2) is 24.7 Å². The first-order valence-corrected chi connectivity index (χ1v) is 5.30. The third-order valence-corrected chi connectivity index (χ3v) is 2.86. The van der Waals surface area contributed by atoms with E-state index in [1.807, 2.05) is 17.1 Å². The van der Waals surface area contributed by atoms with Crippen molar-refractivity contribution < 1.29 is 0 Å². The molecule has 3 rings (SSSR count). The SMILES string of the molecule is Nc1nc2n(n1)C(c1cncnc1)CCC2. The third-order valence-electron chi connectivity index (χ3n) is 2.86. The predicted octanol–water partition coefficient (Wildman–Crippen LogP) is 0.576. The van der Waals surface area contributed by atoms with Gasteiger partial charge in [-0.2, -0.15) is 4.98 Å². The van der Waals surface area contributed by atoms with Gasteiger partial charge < -0.3 is 5.73 Å². The van der Waals surface area contributed by atoms with Gasteiger partial charge in [-0.1, -0.05) is 0 Å². The van der Waals surface area contributed by atoms with Crippen LogP contribution in [0.25, 0.3) is 0 Å². The Morgan fingerprint density at radius 1 is 1.31 bits per heavy atom. The summed E-state index contributed by atoms with van der Waals surface area (Å²) >= 11 is 0. The Balaban J connectivity index is 2.05. The van der Waals surface area contributed by atoms with Crippen LogP contribution in [0.15, 0.2) is 18.7 Å². The average molecular weight is 216 g/mol. The molecule has 1 aliphatic rings. The Labute approximate surface area is 92.5 Å². The number of hydrogen-bond donors (Lipinski definition) is 1. The van der Waals surface area contributed by atoms with E-state index in [2.05, 4.69) is 20.1 Å². The quantitative estimate of drug-likeness (QED) is 0.753. The molecule has 16 heavy (non-hydrogen) atoms. The highest BCUT2D eigenvalue weighted by molar-refractivity contribution is 5.20. The average Bonchev–Trinajstić information content (AvgIpc) is 2.70. The number of fused-ring (bicyclic) bond motifs is 1. The Bertz CT molecular complexity index is 491. The molecule has 1 aliphatic heterocycles. The minimum Gasteiger partial charge on any atom is -0.366 e. The zero-order chi connectivity index (χ0) is 11.0. The van der Waals surface area contributed by atoms with Crippen molar-refractivity contribution in [3.63, 3.8) is 0 Å². The lowest BCUT2D eigenvalue weighted by molar-refractivity contribution is 0.411. The van der Waals surface area contributed by atoms with E-state index in [4.69, 9.17) is 5.73 Å². The van der Waals surface area contributed by atoms with Gasteiger partial charge >= 0.3 is 0 Å². The van der Waals surface area contributed by atoms with E-state index in [1.54, 1.807) is 0 Å². The van der Waals surface area contributed by atoms with Crippen molar-refractivity contribution >= 4 is 5.95 Å². The van der Waals surface area contributed by atoms with Crippen LogP contribution >= 0.6 is 0 Å². The van der Waals surface area contributed by atoms with Gasteiger partial charge in [-0.05, 0) is 12.8 Å². The van der Waals surface area contributed by atoms with Crippen molar-refractivity contribution in [2.75, 3.05) is 5.73 Å². The summed E-state index contributed by atoms with van der Waals surface area (Å²) < 4.78 is 1.90. The molecule has 82 valence electrons. The van der Waals surface area contributed by atoms with Gasteiger partial charge in [0.2, 0.25) is 5.95 Å². The van der Waals surface area contributed by atoms with Crippen molar-refractivity contribution in [2.24, 2.45) is 0 Å². The number of nitrogen functional groups attached to an aromatic ring is 1. The first-order chi connectivity index (χ1) is 7.84. The number of nitrogens with two attached hydrogens (primary N) is 1. The lowest BCUT2D eigenvalue weighted by Gasteiger charge is -2.22. The van der Waals surface area contributed by atoms with E-state index < -0.39 is 0 Å². The molecule has 0 saturated heterocycles. The number of aryl methyl sites for hydroxylation is 1. The number of hydrogen-bond acceptors (Lipinski definition) is 5. The summed E-state index contributed by atoms with van der Waals surface area (Å²) in [5, 5.41) is 4.24. The van der Waals surface area contributed by atoms with E-state index in [0.717, 1.165) is 30.7 Å². The molecule has 0 spiro atoms. The third kappa shape index (κ3) is 1.42. The summed E-state index contributed by atoms with van der Waals surface area (Å²) in [6.07, 6.45) is 8.24. The summed E-state index contributed by atoms with van der Waals surface area (Å²) in [6, 6.07) is 0.176. The molecule has 6 heteroatoms. The lowest BCUT2D eigenvalue weighted by atomic mass is 10.0. The normalized spacial score (nSPS) is 19.4. The second kappa shape index (κ2) is 3.55. The van der Waals surface area contributed by atoms with Gasteiger partial charge in [0.25, 0.3) is 0 Å². The van der Waals surface area contributed by atoms with Crippen molar-refractivity contribution in [1.29, 1.82) is 0 Å². The predicted molar refractivity (Wildman–Crippen MR) is 57.5 cm³/mol. The van der Waals surface area contributed by atoms with Crippen LogP contribution in [0, 0.1) is 0 Å². The minimum atomic E-state index is 0.176. The topological polar surface area (TPSA) is 82.5 Å². The van der Waals surface area contributed by atoms with Crippen LogP contribution in [-0.2, 0) is 6.42 Å². The molecule has 0 radical (unpaired) electrons. The van der Waals surface area contributed by atoms with Gasteiger partial charge in [0.05, 0.1) is 6.04 Å². The molecule has 6 nitrogen and oxygen atoms in total. The van der Waals surface area contributed by atoms with Crippen LogP contribution < -0.4 is 5.73 Å². The smallest absolute Gasteiger partial charge is 0.239 e. The largest absolute Gasteiger partial charge is 0.366 e. The monoisotopic (exact) mass is 216 g/mol. The molecule has 2 N–H and O–H groups in total. The molecule has 3 heterocycles. The fourth-order valence-corrected chi connectivity index (χ4v) is 2.16. The fraction of sp³-hybridized carbons (Fsp3) is 0.400. The molecule has 1 unspecified atom stereocenters. The molecule has 0 saturated carbocycles. The van der Waals surface area contributed by atoms with Gasteiger partial charge in [-0.3, -0.25) is 0 Å². The Kier molecular flexibility index (Phi) is 2.05. The van der Waals surface area contributed by atoms with E-state index in [1.165, 1.54) is 6.33 Å². The zero-order valence-electron chi connectivity index (χ0n) is 8.74. The summed E-state index contributed by atoms with van der Waals surface area (Å²) in [5.41, 5.74) is 6.69. The van der Waals surface area contributed by atoms with Gasteiger partial charge in [0.1, 0.15) is 12.2 Å². The second-order valence-electron chi connectivity index (χ2n) is 3.91. The molecule has 0 fully saturated rings. The van der Waals surface area contributed by atoms with E-state index in [9.17, 15) is 0 Å². The number of rotatable bonds is 1. The maximum Gasteiger partial charge on any atom is 0.239 e. The Morgan fingerprint density at radius 2 is 2.12 bits per heavy atom. The van der Waals surface area contributed by atoms with Gasteiger partial charge in [-0.25, -0.2) is 14.6 Å². The molecule has 1 atom stereocenters. The van der Waals surface area contributed by atoms with E-state index >= 15 is 0 Å². The molecule has 2 aromatic rings. The number of aromatic nitrogens is 5. The first kappa shape index (κ1) is 9.26. The maximum atomic E-state index is 5.62. The van der Waals surface area contributed by atoms with E-state index in [0.29, 0.717) is 5.95 Å². The van der Waals surface area contributed by atoms with Crippen molar-refractivity contribution in [3.8, 4) is 0 Å². The summed E-state index contributed by atoms with van der Waals surface area (Å²) in [5.74, 6) is 1.30. The van der Waals surface area contributed by atoms with Gasteiger partial charge in [0, 0.05) is 24.4 Å². The zero-order valence-corrected chi connectivity index (χ0v) is 8.74. The number of nitrogens with zero attached hydrogens (tertiary/aromatic N) is 5. The summed E-state index contributed by atoms with van der Waals surface area (Å²) in [7, 11) is 0. The molecule has 0 aromatic carbocycles. The van der Waals surface area contributed by atoms with Crippen molar-refractivity contribution in [2.45, 2.75) is 25.3 Å². The van der Waals surface area contributed by atoms with Crippen LogP contribution in [0.2, 0.25) is 0 Å². The highest BCUT2D eigenvalue weighted by atomic mass is 15.4. The Morgan fingerprint density at radius 3 is 2.94 bits per heavy atom. The second-order valence-corrected chi connectivity index (χ2v) is 3.91. The van der Waals surface area contributed by atoms with Crippen LogP contribution in [0.1, 0.15) is 30.3 Å². The van der Waals surface area contributed by atoms with Crippen LogP contribution in [0.5, 0.6) is 0 Å². The van der Waals surface area contributed by atoms with Gasteiger partial charge in [-0.15, -0.1) is 5.10 Å². The van der Waals surface area contributed by atoms with Crippen LogP contribution in [0.4, 0.5) is 5.95 Å². The molecule has 2 aromatic heterocycles. The molecular weight excluding hydrogens is 204 g/mol. The summed E-state index contributed by atoms with van der Waals surface area (Å²) in [6.45, 7) is 0. The van der Waals surface area contributed by atoms with Crippen molar-refractivity contribution in [1.82, 2.24) is 24.7 Å².